The lowest BCUT2D eigenvalue weighted by Crippen LogP contribution is -2.44. The first kappa shape index (κ1) is 20.4. The van der Waals surface area contributed by atoms with Crippen molar-refractivity contribution in [2.24, 2.45) is 11.8 Å². The number of pyridine rings is 1. The molecule has 1 saturated heterocycles. The number of rotatable bonds is 5. The third-order valence-electron chi connectivity index (χ3n) is 5.60. The number of carbonyl (C=O) groups is 2. The number of hydrogen-bond donors (Lipinski definition) is 1. The van der Waals surface area contributed by atoms with Gasteiger partial charge in [0.2, 0.25) is 5.91 Å². The molecule has 154 valence electrons. The highest BCUT2D eigenvalue weighted by Gasteiger charge is 2.44. The summed E-state index contributed by atoms with van der Waals surface area (Å²) in [5.41, 5.74) is -0.191. The van der Waals surface area contributed by atoms with Crippen molar-refractivity contribution in [1.82, 2.24) is 9.88 Å². The van der Waals surface area contributed by atoms with E-state index in [-0.39, 0.29) is 61.6 Å². The summed E-state index contributed by atoms with van der Waals surface area (Å²) in [6.45, 7) is 0.681. The van der Waals surface area contributed by atoms with E-state index in [1.54, 1.807) is 11.0 Å². The summed E-state index contributed by atoms with van der Waals surface area (Å²) in [6, 6.07) is 2.86. The van der Waals surface area contributed by atoms with Crippen LogP contribution < -0.4 is 4.74 Å². The van der Waals surface area contributed by atoms with Gasteiger partial charge in [-0.3, -0.25) is 4.79 Å². The van der Waals surface area contributed by atoms with Crippen LogP contribution in [0.15, 0.2) is 18.3 Å². The predicted molar refractivity (Wildman–Crippen MR) is 92.9 cm³/mol. The van der Waals surface area contributed by atoms with Crippen molar-refractivity contribution in [3.05, 3.63) is 24.0 Å². The summed E-state index contributed by atoms with van der Waals surface area (Å²) in [7, 11) is 0. The molecule has 1 aliphatic carbocycles. The number of carbonyl (C=O) groups excluding carboxylic acids is 1. The van der Waals surface area contributed by atoms with Gasteiger partial charge in [0.05, 0.1) is 12.0 Å². The predicted octanol–water partition coefficient (Wildman–Crippen LogP) is 3.52. The second-order valence-corrected chi connectivity index (χ2v) is 7.38. The molecule has 0 unspecified atom stereocenters. The highest BCUT2D eigenvalue weighted by Crippen LogP contribution is 2.40. The van der Waals surface area contributed by atoms with Gasteiger partial charge < -0.3 is 14.7 Å². The van der Waals surface area contributed by atoms with Gasteiger partial charge >= 0.3 is 12.1 Å². The monoisotopic (exact) mass is 400 g/mol. The van der Waals surface area contributed by atoms with Gasteiger partial charge in [-0.1, -0.05) is 0 Å². The summed E-state index contributed by atoms with van der Waals surface area (Å²) >= 11 is 0. The van der Waals surface area contributed by atoms with Gasteiger partial charge in [-0.15, -0.1) is 0 Å². The molecule has 2 fully saturated rings. The Morgan fingerprint density at radius 2 is 1.93 bits per heavy atom. The van der Waals surface area contributed by atoms with Crippen molar-refractivity contribution in [2.75, 3.05) is 13.2 Å². The minimum absolute atomic E-state index is 0.00737. The van der Waals surface area contributed by atoms with Crippen LogP contribution in [0, 0.1) is 11.8 Å². The van der Waals surface area contributed by atoms with E-state index in [2.05, 4.69) is 4.98 Å². The Morgan fingerprint density at radius 1 is 1.21 bits per heavy atom. The first-order valence-corrected chi connectivity index (χ1v) is 9.45. The number of alkyl halides is 3. The maximum Gasteiger partial charge on any atom is 0.391 e. The van der Waals surface area contributed by atoms with Crippen LogP contribution in [0.1, 0.15) is 49.0 Å². The van der Waals surface area contributed by atoms with Crippen molar-refractivity contribution >= 4 is 11.9 Å². The van der Waals surface area contributed by atoms with E-state index in [9.17, 15) is 22.8 Å². The average molecular weight is 400 g/mol. The number of halogens is 3. The minimum Gasteiger partial charge on any atom is -0.489 e. The lowest BCUT2D eigenvalue weighted by Gasteiger charge is -2.33. The Balaban J connectivity index is 1.58. The summed E-state index contributed by atoms with van der Waals surface area (Å²) in [4.78, 5) is 29.5. The number of carboxylic acids is 1. The van der Waals surface area contributed by atoms with Gasteiger partial charge in [-0.25, -0.2) is 9.78 Å². The average Bonchev–Trinajstić information content (AvgIpc) is 3.14. The zero-order valence-electron chi connectivity index (χ0n) is 15.3. The molecule has 1 saturated carbocycles. The Hall–Kier alpha value is -2.32. The van der Waals surface area contributed by atoms with Crippen molar-refractivity contribution in [1.29, 1.82) is 0 Å². The summed E-state index contributed by atoms with van der Waals surface area (Å²) in [5, 5.41) is 9.16. The number of carboxylic acid groups (broad SMARTS) is 1. The van der Waals surface area contributed by atoms with Crippen LogP contribution in [0.2, 0.25) is 0 Å². The molecule has 9 heteroatoms. The molecule has 1 aromatic heterocycles. The zero-order valence-corrected chi connectivity index (χ0v) is 15.3. The third-order valence-corrected chi connectivity index (χ3v) is 5.60. The lowest BCUT2D eigenvalue weighted by molar-refractivity contribution is -0.185. The first-order valence-electron chi connectivity index (χ1n) is 9.45. The van der Waals surface area contributed by atoms with E-state index in [1.807, 2.05) is 0 Å². The Bertz CT molecular complexity index is 717. The fourth-order valence-electron chi connectivity index (χ4n) is 4.05. The van der Waals surface area contributed by atoms with Crippen molar-refractivity contribution in [3.8, 4) is 5.75 Å². The number of ether oxygens (including phenoxy) is 1. The maximum atomic E-state index is 12.8. The normalized spacial score (nSPS) is 25.5. The number of amides is 1. The Labute approximate surface area is 160 Å². The Kier molecular flexibility index (Phi) is 6.10. The molecule has 2 heterocycles. The lowest BCUT2D eigenvalue weighted by atomic mass is 9.81. The van der Waals surface area contributed by atoms with E-state index in [0.717, 1.165) is 6.42 Å². The van der Waals surface area contributed by atoms with Crippen LogP contribution >= 0.6 is 0 Å². The fourth-order valence-corrected chi connectivity index (χ4v) is 4.05. The molecule has 2 aliphatic rings. The van der Waals surface area contributed by atoms with E-state index in [1.165, 1.54) is 12.3 Å². The molecule has 28 heavy (non-hydrogen) atoms. The largest absolute Gasteiger partial charge is 0.489 e. The summed E-state index contributed by atoms with van der Waals surface area (Å²) < 4.78 is 44.1. The van der Waals surface area contributed by atoms with Gasteiger partial charge in [0.15, 0.2) is 11.4 Å². The van der Waals surface area contributed by atoms with Crippen molar-refractivity contribution in [3.63, 3.8) is 0 Å². The van der Waals surface area contributed by atoms with E-state index >= 15 is 0 Å². The molecule has 0 spiro atoms. The van der Waals surface area contributed by atoms with Crippen LogP contribution in [0.5, 0.6) is 5.75 Å². The molecule has 0 aromatic carbocycles. The van der Waals surface area contributed by atoms with Gasteiger partial charge in [-0.05, 0) is 50.7 Å². The summed E-state index contributed by atoms with van der Waals surface area (Å²) in [5.74, 6) is -2.87. The van der Waals surface area contributed by atoms with Gasteiger partial charge in [0.25, 0.3) is 0 Å². The zero-order chi connectivity index (χ0) is 20.3. The molecule has 1 amide bonds. The molecule has 1 atom stereocenters. The van der Waals surface area contributed by atoms with Crippen LogP contribution in [0.3, 0.4) is 0 Å². The number of aromatic carboxylic acids is 1. The van der Waals surface area contributed by atoms with Crippen LogP contribution in [-0.4, -0.2) is 52.2 Å². The molecule has 0 bridgehead atoms. The number of nitrogens with zero attached hydrogens (tertiary/aromatic N) is 2. The van der Waals surface area contributed by atoms with Gasteiger partial charge in [0, 0.05) is 18.7 Å². The van der Waals surface area contributed by atoms with E-state index < -0.39 is 18.1 Å². The topological polar surface area (TPSA) is 79.7 Å². The highest BCUT2D eigenvalue weighted by atomic mass is 19.4. The summed E-state index contributed by atoms with van der Waals surface area (Å²) in [6.07, 6.45) is -0.845. The molecular weight excluding hydrogens is 377 g/mol. The molecular formula is C19H23F3N2O4. The van der Waals surface area contributed by atoms with E-state index in [0.29, 0.717) is 13.0 Å². The second-order valence-electron chi connectivity index (χ2n) is 7.38. The third kappa shape index (κ3) is 4.56. The van der Waals surface area contributed by atoms with Gasteiger partial charge in [-0.2, -0.15) is 13.2 Å². The minimum atomic E-state index is -4.19. The van der Waals surface area contributed by atoms with Crippen molar-refractivity contribution in [2.45, 2.75) is 50.7 Å². The number of likely N-dealkylation sites (tertiary alicyclic amines) is 1. The molecule has 1 N–H and O–H groups in total. The van der Waals surface area contributed by atoms with Crippen LogP contribution in [-0.2, 0) is 4.79 Å². The van der Waals surface area contributed by atoms with E-state index in [4.69, 9.17) is 9.84 Å². The first-order chi connectivity index (χ1) is 13.3. The quantitative estimate of drug-likeness (QED) is 0.818. The molecule has 3 rings (SSSR count). The molecule has 1 aliphatic heterocycles. The van der Waals surface area contributed by atoms with Crippen molar-refractivity contribution < 1.29 is 32.6 Å². The maximum absolute atomic E-state index is 12.8. The SMILES string of the molecule is O=C(O)c1ncccc1OC[C@@H]1CCCN1C(=O)C1CCC(C(F)(F)F)CC1. The standard InChI is InChI=1S/C19H23F3N2O4/c20-19(21,22)13-7-5-12(6-8-13)17(25)24-10-2-3-14(24)11-28-15-4-1-9-23-16(15)18(26)27/h1,4,9,12-14H,2-3,5-8,10-11H2,(H,26,27)/t12?,13?,14-/m0/s1. The van der Waals surface area contributed by atoms with Crippen LogP contribution in [0.4, 0.5) is 13.2 Å². The smallest absolute Gasteiger partial charge is 0.391 e. The Morgan fingerprint density at radius 3 is 2.57 bits per heavy atom. The highest BCUT2D eigenvalue weighted by molar-refractivity contribution is 5.88. The van der Waals surface area contributed by atoms with Gasteiger partial charge in [0.1, 0.15) is 6.61 Å². The number of aromatic nitrogens is 1. The molecule has 1 aromatic rings. The fraction of sp³-hybridized carbons (Fsp3) is 0.632. The molecule has 6 nitrogen and oxygen atoms in total. The molecule has 0 radical (unpaired) electrons. The number of hydrogen-bond acceptors (Lipinski definition) is 4. The van der Waals surface area contributed by atoms with Crippen LogP contribution in [0.25, 0.3) is 0 Å². The second kappa shape index (κ2) is 8.36.